The standard InChI is InChI=1S/C19H24O7/c1-11(8-20)6-7-14-17(23-5)12(2)15-9-24-19(21)16(15)18(14)26-10-25-13(3)22-4/h6,8,13H,7,9-10H2,1-5H3/b11-6+. The monoisotopic (exact) mass is 364 g/mol. The van der Waals surface area contributed by atoms with Crippen LogP contribution in [0, 0.1) is 6.92 Å². The first-order chi connectivity index (χ1) is 12.4. The molecule has 0 amide bonds. The zero-order valence-corrected chi connectivity index (χ0v) is 15.7. The van der Waals surface area contributed by atoms with Gasteiger partial charge in [-0.1, -0.05) is 6.08 Å². The van der Waals surface area contributed by atoms with Crippen LogP contribution in [0.25, 0.3) is 0 Å². The minimum absolute atomic E-state index is 0.107. The third kappa shape index (κ3) is 4.05. The highest BCUT2D eigenvalue weighted by molar-refractivity contribution is 5.98. The van der Waals surface area contributed by atoms with Gasteiger partial charge in [-0.2, -0.15) is 0 Å². The number of methoxy groups -OCH3 is 2. The van der Waals surface area contributed by atoms with Crippen molar-refractivity contribution in [2.45, 2.75) is 40.1 Å². The number of hydrogen-bond acceptors (Lipinski definition) is 7. The number of rotatable bonds is 9. The number of benzene rings is 1. The lowest BCUT2D eigenvalue weighted by atomic mass is 9.95. The van der Waals surface area contributed by atoms with E-state index in [1.807, 2.05) is 6.92 Å². The Labute approximate surface area is 152 Å². The predicted octanol–water partition coefficient (Wildman–Crippen LogP) is 2.71. The van der Waals surface area contributed by atoms with E-state index in [9.17, 15) is 9.59 Å². The Hall–Kier alpha value is -2.38. The van der Waals surface area contributed by atoms with Crippen LogP contribution in [0.15, 0.2) is 11.6 Å². The molecule has 0 bridgehead atoms. The average molecular weight is 364 g/mol. The van der Waals surface area contributed by atoms with Crippen molar-refractivity contribution >= 4 is 12.3 Å². The summed E-state index contributed by atoms with van der Waals surface area (Å²) in [5.41, 5.74) is 3.17. The van der Waals surface area contributed by atoms with Crippen molar-refractivity contribution in [1.82, 2.24) is 0 Å². The molecule has 26 heavy (non-hydrogen) atoms. The smallest absolute Gasteiger partial charge is 0.342 e. The molecule has 0 saturated heterocycles. The molecule has 1 heterocycles. The zero-order valence-electron chi connectivity index (χ0n) is 15.7. The molecule has 142 valence electrons. The third-order valence-electron chi connectivity index (χ3n) is 4.28. The Morgan fingerprint density at radius 2 is 2.04 bits per heavy atom. The Balaban J connectivity index is 2.51. The summed E-state index contributed by atoms with van der Waals surface area (Å²) >= 11 is 0. The predicted molar refractivity (Wildman–Crippen MR) is 93.4 cm³/mol. The van der Waals surface area contributed by atoms with Crippen molar-refractivity contribution in [3.63, 3.8) is 0 Å². The topological polar surface area (TPSA) is 80.3 Å². The van der Waals surface area contributed by atoms with E-state index in [0.29, 0.717) is 34.6 Å². The van der Waals surface area contributed by atoms with Crippen LogP contribution in [0.5, 0.6) is 11.5 Å². The summed E-state index contributed by atoms with van der Waals surface area (Å²) in [6, 6.07) is 0. The summed E-state index contributed by atoms with van der Waals surface area (Å²) in [6.07, 6.45) is 2.43. The van der Waals surface area contributed by atoms with Gasteiger partial charge in [-0.05, 0) is 38.3 Å². The van der Waals surface area contributed by atoms with Crippen LogP contribution >= 0.6 is 0 Å². The Morgan fingerprint density at radius 1 is 1.31 bits per heavy atom. The fourth-order valence-electron chi connectivity index (χ4n) is 2.74. The molecule has 0 fully saturated rings. The minimum atomic E-state index is -0.456. The number of esters is 1. The fraction of sp³-hybridized carbons (Fsp3) is 0.474. The second-order valence-electron chi connectivity index (χ2n) is 5.90. The van der Waals surface area contributed by atoms with Gasteiger partial charge in [0, 0.05) is 18.2 Å². The number of hydrogen-bond donors (Lipinski definition) is 0. The van der Waals surface area contributed by atoms with Gasteiger partial charge in [0.25, 0.3) is 0 Å². The number of cyclic esters (lactones) is 1. The zero-order chi connectivity index (χ0) is 19.3. The van der Waals surface area contributed by atoms with Gasteiger partial charge < -0.3 is 23.7 Å². The third-order valence-corrected chi connectivity index (χ3v) is 4.28. The first-order valence-corrected chi connectivity index (χ1v) is 8.23. The quantitative estimate of drug-likeness (QED) is 0.288. The highest BCUT2D eigenvalue weighted by Crippen LogP contribution is 2.42. The number of ether oxygens (including phenoxy) is 5. The Morgan fingerprint density at radius 3 is 2.65 bits per heavy atom. The molecule has 1 atom stereocenters. The van der Waals surface area contributed by atoms with E-state index in [2.05, 4.69) is 0 Å². The van der Waals surface area contributed by atoms with Gasteiger partial charge in [0.2, 0.25) is 0 Å². The summed E-state index contributed by atoms with van der Waals surface area (Å²) in [6.45, 7) is 5.37. The van der Waals surface area contributed by atoms with Gasteiger partial charge in [0.1, 0.15) is 30.0 Å². The normalized spacial score (nSPS) is 14.7. The van der Waals surface area contributed by atoms with E-state index >= 15 is 0 Å². The number of carbonyl (C=O) groups excluding carboxylic acids is 2. The lowest BCUT2D eigenvalue weighted by molar-refractivity contribution is -0.149. The molecule has 0 aromatic heterocycles. The van der Waals surface area contributed by atoms with Crippen LogP contribution in [0.4, 0.5) is 0 Å². The first kappa shape index (κ1) is 19.9. The minimum Gasteiger partial charge on any atom is -0.496 e. The molecule has 0 N–H and O–H groups in total. The molecule has 1 aromatic rings. The first-order valence-electron chi connectivity index (χ1n) is 8.23. The SMILES string of the molecule is COc1c(C)c2c(c(OCOC(C)OC)c1C/C=C(\C)C=O)C(=O)OC2. The number of fused-ring (bicyclic) bond motifs is 1. The average Bonchev–Trinajstić information content (AvgIpc) is 3.03. The van der Waals surface area contributed by atoms with E-state index in [4.69, 9.17) is 23.7 Å². The van der Waals surface area contributed by atoms with E-state index in [1.54, 1.807) is 27.0 Å². The molecule has 1 aromatic carbocycles. The van der Waals surface area contributed by atoms with Crippen LogP contribution in [0.1, 0.15) is 40.9 Å². The molecular weight excluding hydrogens is 340 g/mol. The van der Waals surface area contributed by atoms with E-state index in [1.165, 1.54) is 7.11 Å². The van der Waals surface area contributed by atoms with E-state index in [-0.39, 0.29) is 13.4 Å². The van der Waals surface area contributed by atoms with E-state index in [0.717, 1.165) is 17.4 Å². The molecule has 0 radical (unpaired) electrons. The van der Waals surface area contributed by atoms with Crippen LogP contribution in [0.3, 0.4) is 0 Å². The van der Waals surface area contributed by atoms with Crippen LogP contribution < -0.4 is 9.47 Å². The molecule has 0 saturated carbocycles. The van der Waals surface area contributed by atoms with Crippen molar-refractivity contribution in [2.24, 2.45) is 0 Å². The highest BCUT2D eigenvalue weighted by Gasteiger charge is 2.33. The van der Waals surface area contributed by atoms with Crippen molar-refractivity contribution in [3.8, 4) is 11.5 Å². The summed E-state index contributed by atoms with van der Waals surface area (Å²) in [4.78, 5) is 23.2. The second-order valence-corrected chi connectivity index (χ2v) is 5.90. The lowest BCUT2D eigenvalue weighted by Gasteiger charge is -2.20. The van der Waals surface area contributed by atoms with Gasteiger partial charge in [0.05, 0.1) is 7.11 Å². The highest BCUT2D eigenvalue weighted by atomic mass is 16.7. The number of carbonyl (C=O) groups is 2. The van der Waals surface area contributed by atoms with E-state index < -0.39 is 12.3 Å². The summed E-state index contributed by atoms with van der Waals surface area (Å²) in [7, 11) is 3.08. The fourth-order valence-corrected chi connectivity index (χ4v) is 2.74. The molecule has 1 aliphatic rings. The number of allylic oxidation sites excluding steroid dienone is 2. The van der Waals surface area contributed by atoms with Crippen LogP contribution in [-0.4, -0.2) is 39.6 Å². The van der Waals surface area contributed by atoms with Gasteiger partial charge in [0.15, 0.2) is 13.1 Å². The van der Waals surface area contributed by atoms with Crippen molar-refractivity contribution < 1.29 is 33.3 Å². The van der Waals surface area contributed by atoms with Gasteiger partial charge in [-0.3, -0.25) is 4.79 Å². The molecule has 7 heteroatoms. The van der Waals surface area contributed by atoms with Crippen molar-refractivity contribution in [1.29, 1.82) is 0 Å². The Kier molecular flexibility index (Phi) is 6.76. The van der Waals surface area contributed by atoms with Crippen molar-refractivity contribution in [2.75, 3.05) is 21.0 Å². The van der Waals surface area contributed by atoms with Gasteiger partial charge >= 0.3 is 5.97 Å². The van der Waals surface area contributed by atoms with Gasteiger partial charge in [-0.25, -0.2) is 4.79 Å². The summed E-state index contributed by atoms with van der Waals surface area (Å²) in [5.74, 6) is 0.507. The maximum Gasteiger partial charge on any atom is 0.342 e. The molecule has 1 unspecified atom stereocenters. The molecule has 2 rings (SSSR count). The second kappa shape index (κ2) is 8.82. The molecular formula is C19H24O7. The maximum absolute atomic E-state index is 12.3. The molecule has 7 nitrogen and oxygen atoms in total. The lowest BCUT2D eigenvalue weighted by Crippen LogP contribution is -2.16. The van der Waals surface area contributed by atoms with Crippen LogP contribution in [-0.2, 0) is 32.0 Å². The maximum atomic E-state index is 12.3. The van der Waals surface area contributed by atoms with Gasteiger partial charge in [-0.15, -0.1) is 0 Å². The summed E-state index contributed by atoms with van der Waals surface area (Å²) < 4.78 is 26.9. The Bertz CT molecular complexity index is 721. The largest absolute Gasteiger partial charge is 0.496 e. The molecule has 0 aliphatic carbocycles. The van der Waals surface area contributed by atoms with Crippen molar-refractivity contribution in [3.05, 3.63) is 33.9 Å². The molecule has 0 spiro atoms. The number of aldehydes is 1. The van der Waals surface area contributed by atoms with Crippen LogP contribution in [0.2, 0.25) is 0 Å². The summed E-state index contributed by atoms with van der Waals surface area (Å²) in [5, 5.41) is 0. The molecule has 1 aliphatic heterocycles.